The van der Waals surface area contributed by atoms with Crippen LogP contribution in [0.5, 0.6) is 5.75 Å². The van der Waals surface area contributed by atoms with Gasteiger partial charge in [0.25, 0.3) is 5.91 Å². The van der Waals surface area contributed by atoms with Gasteiger partial charge in [0.15, 0.2) is 0 Å². The SMILES string of the molecule is C#C[C@@H]1C[C@@]2(CN1C(=O)[C@H](CC(C)C)N(C)C(=O)c1cc3c(OC)cccc3[nH]1)C(=O)N(C)c1ccccc12. The molecule has 8 heteroatoms. The summed E-state index contributed by atoms with van der Waals surface area (Å²) in [4.78, 5) is 49.4. The first-order valence-electron chi connectivity index (χ1n) is 13.2. The number of likely N-dealkylation sites (tertiary alicyclic amines) is 1. The van der Waals surface area contributed by atoms with Crippen molar-refractivity contribution in [2.75, 3.05) is 32.6 Å². The Kier molecular flexibility index (Phi) is 6.63. The van der Waals surface area contributed by atoms with Crippen molar-refractivity contribution in [3.63, 3.8) is 0 Å². The van der Waals surface area contributed by atoms with Crippen molar-refractivity contribution in [2.45, 2.75) is 44.2 Å². The van der Waals surface area contributed by atoms with Crippen LogP contribution in [0.4, 0.5) is 5.69 Å². The first kappa shape index (κ1) is 26.4. The van der Waals surface area contributed by atoms with Crippen LogP contribution in [0.1, 0.15) is 42.7 Å². The van der Waals surface area contributed by atoms with Crippen LogP contribution in [0.25, 0.3) is 10.9 Å². The lowest BCUT2D eigenvalue weighted by Gasteiger charge is -2.33. The zero-order valence-corrected chi connectivity index (χ0v) is 23.0. The summed E-state index contributed by atoms with van der Waals surface area (Å²) >= 11 is 0. The van der Waals surface area contributed by atoms with Crippen LogP contribution < -0.4 is 9.64 Å². The quantitative estimate of drug-likeness (QED) is 0.495. The number of terminal acetylenes is 1. The molecule has 0 aliphatic carbocycles. The van der Waals surface area contributed by atoms with E-state index in [1.165, 1.54) is 4.90 Å². The Morgan fingerprint density at radius 1 is 1.23 bits per heavy atom. The van der Waals surface area contributed by atoms with Gasteiger partial charge in [0.05, 0.1) is 18.6 Å². The number of nitrogens with one attached hydrogen (secondary N) is 1. The van der Waals surface area contributed by atoms with Gasteiger partial charge >= 0.3 is 0 Å². The number of carbonyl (C=O) groups is 3. The molecule has 39 heavy (non-hydrogen) atoms. The van der Waals surface area contributed by atoms with Crippen molar-refractivity contribution in [3.05, 3.63) is 59.8 Å². The molecule has 3 aromatic rings. The minimum absolute atomic E-state index is 0.0592. The maximum absolute atomic E-state index is 14.2. The molecule has 1 N–H and O–H groups in total. The monoisotopic (exact) mass is 526 g/mol. The van der Waals surface area contributed by atoms with Gasteiger partial charge in [-0.1, -0.05) is 44.0 Å². The summed E-state index contributed by atoms with van der Waals surface area (Å²) in [7, 11) is 4.99. The van der Waals surface area contributed by atoms with E-state index in [-0.39, 0.29) is 30.2 Å². The van der Waals surface area contributed by atoms with Crippen LogP contribution in [0.15, 0.2) is 48.5 Å². The Balaban J connectivity index is 1.47. The van der Waals surface area contributed by atoms with E-state index in [1.54, 1.807) is 37.1 Å². The van der Waals surface area contributed by atoms with Crippen molar-refractivity contribution in [3.8, 4) is 18.1 Å². The smallest absolute Gasteiger partial charge is 0.270 e. The molecule has 3 amide bonds. The van der Waals surface area contributed by atoms with Gasteiger partial charge in [-0.05, 0) is 48.6 Å². The van der Waals surface area contributed by atoms with Crippen molar-refractivity contribution in [1.82, 2.24) is 14.8 Å². The molecule has 2 aliphatic heterocycles. The van der Waals surface area contributed by atoms with Crippen LogP contribution in [-0.2, 0) is 15.0 Å². The second kappa shape index (κ2) is 9.81. The summed E-state index contributed by atoms with van der Waals surface area (Å²) in [6, 6.07) is 13.7. The zero-order valence-electron chi connectivity index (χ0n) is 23.0. The van der Waals surface area contributed by atoms with Gasteiger partial charge in [-0.3, -0.25) is 14.4 Å². The van der Waals surface area contributed by atoms with Crippen LogP contribution in [-0.4, -0.2) is 72.3 Å². The van der Waals surface area contributed by atoms with Gasteiger partial charge in [0.1, 0.15) is 17.5 Å². The first-order chi connectivity index (χ1) is 18.6. The molecular weight excluding hydrogens is 492 g/mol. The van der Waals surface area contributed by atoms with Gasteiger partial charge in [0.2, 0.25) is 11.8 Å². The molecule has 1 fully saturated rings. The fourth-order valence-corrected chi connectivity index (χ4v) is 6.17. The number of ether oxygens (including phenoxy) is 1. The standard InChI is InChI=1S/C31H34N4O4/c1-7-20-17-31(22-11-8-9-13-25(22)34(5)30(31)38)18-35(20)29(37)26(15-19(2)3)33(4)28(36)24-16-21-23(32-24)12-10-14-27(21)39-6/h1,8-14,16,19-20,26,32H,15,17-18H2,2-6H3/t20-,26+,31+/m1/s1. The topological polar surface area (TPSA) is 86.0 Å². The van der Waals surface area contributed by atoms with Crippen LogP contribution in [0.2, 0.25) is 0 Å². The number of aromatic nitrogens is 1. The third-order valence-corrected chi connectivity index (χ3v) is 8.17. The van der Waals surface area contributed by atoms with E-state index in [0.29, 0.717) is 24.3 Å². The molecule has 0 unspecified atom stereocenters. The number of hydrogen-bond donors (Lipinski definition) is 1. The van der Waals surface area contributed by atoms with E-state index in [4.69, 9.17) is 11.2 Å². The molecule has 5 rings (SSSR count). The maximum atomic E-state index is 14.2. The van der Waals surface area contributed by atoms with Crippen molar-refractivity contribution >= 4 is 34.3 Å². The predicted molar refractivity (Wildman–Crippen MR) is 151 cm³/mol. The van der Waals surface area contributed by atoms with Gasteiger partial charge in [-0.25, -0.2) is 0 Å². The lowest BCUT2D eigenvalue weighted by molar-refractivity contribution is -0.136. The highest BCUT2D eigenvalue weighted by Gasteiger charge is 2.57. The number of hydrogen-bond acceptors (Lipinski definition) is 4. The highest BCUT2D eigenvalue weighted by Crippen LogP contribution is 2.48. The number of aromatic amines is 1. The molecule has 202 valence electrons. The van der Waals surface area contributed by atoms with Crippen LogP contribution in [0.3, 0.4) is 0 Å². The average molecular weight is 527 g/mol. The molecule has 1 spiro atoms. The van der Waals surface area contributed by atoms with Crippen molar-refractivity contribution in [2.24, 2.45) is 5.92 Å². The molecule has 2 aliphatic rings. The van der Waals surface area contributed by atoms with Gasteiger partial charge in [-0.15, -0.1) is 6.42 Å². The molecule has 3 heterocycles. The second-order valence-corrected chi connectivity index (χ2v) is 11.0. The molecule has 0 bridgehead atoms. The van der Waals surface area contributed by atoms with Gasteiger partial charge in [-0.2, -0.15) is 0 Å². The minimum Gasteiger partial charge on any atom is -0.496 e. The van der Waals surface area contributed by atoms with E-state index >= 15 is 0 Å². The number of likely N-dealkylation sites (N-methyl/N-ethyl adjacent to an activating group) is 2. The Morgan fingerprint density at radius 3 is 2.67 bits per heavy atom. The summed E-state index contributed by atoms with van der Waals surface area (Å²) in [5.74, 6) is 2.95. The van der Waals surface area contributed by atoms with E-state index in [0.717, 1.165) is 22.2 Å². The normalized spacial score (nSPS) is 20.9. The maximum Gasteiger partial charge on any atom is 0.270 e. The zero-order chi connectivity index (χ0) is 28.1. The van der Waals surface area contributed by atoms with Crippen molar-refractivity contribution < 1.29 is 19.1 Å². The summed E-state index contributed by atoms with van der Waals surface area (Å²) < 4.78 is 5.44. The van der Waals surface area contributed by atoms with Crippen molar-refractivity contribution in [1.29, 1.82) is 0 Å². The van der Waals surface area contributed by atoms with Crippen LogP contribution >= 0.6 is 0 Å². The predicted octanol–water partition coefficient (Wildman–Crippen LogP) is 3.81. The number of rotatable bonds is 6. The van der Waals surface area contributed by atoms with Crippen LogP contribution in [0, 0.1) is 18.3 Å². The Bertz CT molecular complexity index is 1500. The highest BCUT2D eigenvalue weighted by atomic mass is 16.5. The molecule has 0 saturated carbocycles. The number of fused-ring (bicyclic) bond motifs is 3. The second-order valence-electron chi connectivity index (χ2n) is 11.0. The Morgan fingerprint density at radius 2 is 1.97 bits per heavy atom. The Labute approximate surface area is 228 Å². The van der Waals surface area contributed by atoms with E-state index in [2.05, 4.69) is 10.9 Å². The lowest BCUT2D eigenvalue weighted by atomic mass is 9.79. The largest absolute Gasteiger partial charge is 0.496 e. The number of benzene rings is 2. The minimum atomic E-state index is -0.892. The summed E-state index contributed by atoms with van der Waals surface area (Å²) in [6.07, 6.45) is 6.75. The first-order valence-corrected chi connectivity index (χ1v) is 13.2. The third kappa shape index (κ3) is 4.13. The average Bonchev–Trinajstić information content (AvgIpc) is 3.61. The third-order valence-electron chi connectivity index (χ3n) is 8.17. The van der Waals surface area contributed by atoms with Gasteiger partial charge < -0.3 is 24.4 Å². The molecule has 1 aromatic heterocycles. The summed E-state index contributed by atoms with van der Waals surface area (Å²) in [5.41, 5.74) is 1.98. The molecular formula is C31H34N4O4. The molecule has 1 saturated heterocycles. The summed E-state index contributed by atoms with van der Waals surface area (Å²) in [5, 5.41) is 0.792. The number of amides is 3. The number of carbonyl (C=O) groups excluding carboxylic acids is 3. The molecule has 8 nitrogen and oxygen atoms in total. The fourth-order valence-electron chi connectivity index (χ4n) is 6.17. The molecule has 3 atom stereocenters. The molecule has 0 radical (unpaired) electrons. The number of nitrogens with zero attached hydrogens (tertiary/aromatic N) is 3. The van der Waals surface area contributed by atoms with E-state index in [1.807, 2.05) is 56.3 Å². The lowest BCUT2D eigenvalue weighted by Crippen LogP contribution is -2.52. The highest BCUT2D eigenvalue weighted by molar-refractivity contribution is 6.09. The van der Waals surface area contributed by atoms with E-state index < -0.39 is 17.5 Å². The number of anilines is 1. The van der Waals surface area contributed by atoms with Gasteiger partial charge in [0, 0.05) is 37.2 Å². The number of H-pyrrole nitrogens is 1. The number of methoxy groups -OCH3 is 1. The van der Waals surface area contributed by atoms with E-state index in [9.17, 15) is 14.4 Å². The summed E-state index contributed by atoms with van der Waals surface area (Å²) in [6.45, 7) is 4.21. The fraction of sp³-hybridized carbons (Fsp3) is 0.387. The number of para-hydroxylation sites is 1. The Hall–Kier alpha value is -4.25. The molecule has 2 aromatic carbocycles.